The predicted octanol–water partition coefficient (Wildman–Crippen LogP) is 1.91. The van der Waals surface area contributed by atoms with E-state index >= 15 is 0 Å². The summed E-state index contributed by atoms with van der Waals surface area (Å²) in [5.74, 6) is 0.997. The summed E-state index contributed by atoms with van der Waals surface area (Å²) in [6.07, 6.45) is 3.66. The third-order valence-corrected chi connectivity index (χ3v) is 3.73. The second kappa shape index (κ2) is 5.96. The van der Waals surface area contributed by atoms with Crippen molar-refractivity contribution in [1.29, 1.82) is 0 Å². The van der Waals surface area contributed by atoms with Crippen LogP contribution >= 0.6 is 15.9 Å². The Hall–Kier alpha value is -2.02. The summed E-state index contributed by atoms with van der Waals surface area (Å²) in [6, 6.07) is 5.68. The molecular weight excluding hydrogens is 322 g/mol. The molecule has 106 valence electrons. The summed E-state index contributed by atoms with van der Waals surface area (Å²) < 4.78 is 2.73. The molecule has 1 aromatic carbocycles. The van der Waals surface area contributed by atoms with Gasteiger partial charge in [-0.1, -0.05) is 11.2 Å². The molecule has 0 aliphatic heterocycles. The molecule has 1 aromatic heterocycles. The molecule has 0 spiro atoms. The molecule has 0 radical (unpaired) electrons. The number of hydrogen-bond acceptors (Lipinski definition) is 4. The van der Waals surface area contributed by atoms with Gasteiger partial charge >= 0.3 is 0 Å². The first-order valence-corrected chi connectivity index (χ1v) is 6.77. The van der Waals surface area contributed by atoms with Crippen molar-refractivity contribution in [1.82, 2.24) is 9.55 Å². The highest BCUT2D eigenvalue weighted by Crippen LogP contribution is 2.27. The van der Waals surface area contributed by atoms with Crippen LogP contribution in [0.3, 0.4) is 0 Å². The Bertz CT molecular complexity index is 637. The van der Waals surface area contributed by atoms with Crippen LogP contribution in [0, 0.1) is 0 Å². The average molecular weight is 338 g/mol. The highest BCUT2D eigenvalue weighted by molar-refractivity contribution is 9.10. The molecule has 7 heteroatoms. The minimum atomic E-state index is 0.0687. The van der Waals surface area contributed by atoms with E-state index in [1.165, 1.54) is 0 Å². The van der Waals surface area contributed by atoms with E-state index in [2.05, 4.69) is 26.1 Å². The number of rotatable bonds is 4. The minimum Gasteiger partial charge on any atom is -0.409 e. The van der Waals surface area contributed by atoms with Crippen molar-refractivity contribution in [3.8, 4) is 0 Å². The second-order valence-corrected chi connectivity index (χ2v) is 5.28. The van der Waals surface area contributed by atoms with Crippen LogP contribution in [0.2, 0.25) is 0 Å². The Balaban J connectivity index is 2.37. The molecule has 2 aromatic rings. The Kier molecular flexibility index (Phi) is 4.29. The molecule has 0 fully saturated rings. The lowest BCUT2D eigenvalue weighted by Gasteiger charge is -2.22. The van der Waals surface area contributed by atoms with E-state index in [1.54, 1.807) is 6.20 Å². The largest absolute Gasteiger partial charge is 0.409 e. The fraction of sp³-hybridized carbons (Fsp3) is 0.231. The Morgan fingerprint density at radius 3 is 2.90 bits per heavy atom. The lowest BCUT2D eigenvalue weighted by atomic mass is 10.1. The lowest BCUT2D eigenvalue weighted by Crippen LogP contribution is -2.24. The monoisotopic (exact) mass is 337 g/mol. The van der Waals surface area contributed by atoms with E-state index in [9.17, 15) is 0 Å². The number of halogens is 1. The summed E-state index contributed by atoms with van der Waals surface area (Å²) in [5, 5.41) is 12.0. The van der Waals surface area contributed by atoms with Crippen molar-refractivity contribution in [3.05, 3.63) is 46.5 Å². The number of oxime groups is 1. The van der Waals surface area contributed by atoms with Crippen molar-refractivity contribution < 1.29 is 5.21 Å². The smallest absolute Gasteiger partial charge is 0.173 e. The van der Waals surface area contributed by atoms with Gasteiger partial charge in [0.25, 0.3) is 0 Å². The van der Waals surface area contributed by atoms with Gasteiger partial charge in [0.2, 0.25) is 0 Å². The first-order chi connectivity index (χ1) is 9.54. The SMILES string of the molecule is CN(Cc1nccn1C)c1cccc(Br)c1/C(N)=N/O. The average Bonchev–Trinajstić information content (AvgIpc) is 2.83. The molecule has 20 heavy (non-hydrogen) atoms. The highest BCUT2D eigenvalue weighted by atomic mass is 79.9. The van der Waals surface area contributed by atoms with Gasteiger partial charge in [-0.3, -0.25) is 0 Å². The molecular formula is C13H16BrN5O. The standard InChI is InChI=1S/C13H16BrN5O/c1-18-7-6-16-11(18)8-19(2)10-5-3-4-9(14)12(10)13(15)17-20/h3-7,20H,8H2,1-2H3,(H2,15,17). The predicted molar refractivity (Wildman–Crippen MR) is 82.0 cm³/mol. The highest BCUT2D eigenvalue weighted by Gasteiger charge is 2.15. The normalized spacial score (nSPS) is 11.7. The first kappa shape index (κ1) is 14.4. The molecule has 1 heterocycles. The quantitative estimate of drug-likeness (QED) is 0.386. The van der Waals surface area contributed by atoms with Gasteiger partial charge in [-0.2, -0.15) is 0 Å². The maximum atomic E-state index is 8.93. The number of amidine groups is 1. The third-order valence-electron chi connectivity index (χ3n) is 3.07. The number of benzene rings is 1. The lowest BCUT2D eigenvalue weighted by molar-refractivity contribution is 0.318. The molecule has 0 unspecified atom stereocenters. The Labute approximate surface area is 125 Å². The van der Waals surface area contributed by atoms with Gasteiger partial charge in [-0.25, -0.2) is 4.98 Å². The van der Waals surface area contributed by atoms with Crippen LogP contribution in [0.15, 0.2) is 40.2 Å². The van der Waals surface area contributed by atoms with Crippen LogP contribution in [0.1, 0.15) is 11.4 Å². The summed E-state index contributed by atoms with van der Waals surface area (Å²) in [7, 11) is 3.88. The number of aromatic nitrogens is 2. The van der Waals surface area contributed by atoms with E-state index in [1.807, 2.05) is 48.0 Å². The fourth-order valence-corrected chi connectivity index (χ4v) is 2.54. The maximum Gasteiger partial charge on any atom is 0.173 e. The van der Waals surface area contributed by atoms with Gasteiger partial charge in [0.15, 0.2) is 5.84 Å². The second-order valence-electron chi connectivity index (χ2n) is 4.43. The number of hydrogen-bond donors (Lipinski definition) is 2. The molecule has 6 nitrogen and oxygen atoms in total. The molecule has 0 aliphatic rings. The van der Waals surface area contributed by atoms with Gasteiger partial charge in [0.05, 0.1) is 12.1 Å². The number of nitrogens with zero attached hydrogens (tertiary/aromatic N) is 4. The van der Waals surface area contributed by atoms with E-state index in [-0.39, 0.29) is 5.84 Å². The van der Waals surface area contributed by atoms with Crippen molar-refractivity contribution in [3.63, 3.8) is 0 Å². The number of nitrogens with two attached hydrogens (primary N) is 1. The summed E-state index contributed by atoms with van der Waals surface area (Å²) >= 11 is 3.43. The molecule has 0 amide bonds. The zero-order valence-electron chi connectivity index (χ0n) is 11.3. The van der Waals surface area contributed by atoms with E-state index in [0.29, 0.717) is 12.1 Å². The Morgan fingerprint density at radius 1 is 1.55 bits per heavy atom. The van der Waals surface area contributed by atoms with Crippen LogP contribution in [0.25, 0.3) is 0 Å². The van der Waals surface area contributed by atoms with Gasteiger partial charge in [-0.15, -0.1) is 0 Å². The van der Waals surface area contributed by atoms with Crippen molar-refractivity contribution in [2.45, 2.75) is 6.54 Å². The molecule has 0 aliphatic carbocycles. The van der Waals surface area contributed by atoms with E-state index < -0.39 is 0 Å². The van der Waals surface area contributed by atoms with Crippen molar-refractivity contribution >= 4 is 27.5 Å². The van der Waals surface area contributed by atoms with Crippen LogP contribution in [0.5, 0.6) is 0 Å². The molecule has 0 atom stereocenters. The minimum absolute atomic E-state index is 0.0687. The first-order valence-electron chi connectivity index (χ1n) is 5.98. The molecule has 0 bridgehead atoms. The van der Waals surface area contributed by atoms with Crippen LogP contribution < -0.4 is 10.6 Å². The van der Waals surface area contributed by atoms with E-state index in [0.717, 1.165) is 16.0 Å². The summed E-state index contributed by atoms with van der Waals surface area (Å²) in [6.45, 7) is 0.617. The van der Waals surface area contributed by atoms with Gasteiger partial charge < -0.3 is 20.4 Å². The zero-order chi connectivity index (χ0) is 14.7. The zero-order valence-corrected chi connectivity index (χ0v) is 12.9. The Morgan fingerprint density at radius 2 is 2.30 bits per heavy atom. The van der Waals surface area contributed by atoms with Gasteiger partial charge in [0, 0.05) is 36.6 Å². The van der Waals surface area contributed by atoms with Gasteiger partial charge in [-0.05, 0) is 28.1 Å². The number of anilines is 1. The van der Waals surface area contributed by atoms with Gasteiger partial charge in [0.1, 0.15) is 5.82 Å². The molecule has 3 N–H and O–H groups in total. The number of aryl methyl sites for hydroxylation is 1. The third kappa shape index (κ3) is 2.77. The van der Waals surface area contributed by atoms with Crippen molar-refractivity contribution in [2.24, 2.45) is 17.9 Å². The topological polar surface area (TPSA) is 79.7 Å². The van der Waals surface area contributed by atoms with Crippen LogP contribution in [-0.4, -0.2) is 27.6 Å². The van der Waals surface area contributed by atoms with E-state index in [4.69, 9.17) is 10.9 Å². The van der Waals surface area contributed by atoms with Crippen molar-refractivity contribution in [2.75, 3.05) is 11.9 Å². The van der Waals surface area contributed by atoms with Crippen LogP contribution in [-0.2, 0) is 13.6 Å². The molecule has 2 rings (SSSR count). The fourth-order valence-electron chi connectivity index (χ4n) is 1.98. The molecule has 0 saturated carbocycles. The maximum absolute atomic E-state index is 8.93. The molecule has 0 saturated heterocycles. The van der Waals surface area contributed by atoms with Crippen LogP contribution in [0.4, 0.5) is 5.69 Å². The summed E-state index contributed by atoms with van der Waals surface area (Å²) in [5.41, 5.74) is 7.28. The number of imidazole rings is 1. The summed E-state index contributed by atoms with van der Waals surface area (Å²) in [4.78, 5) is 6.30.